The van der Waals surface area contributed by atoms with Crippen molar-refractivity contribution in [1.82, 2.24) is 4.90 Å². The van der Waals surface area contributed by atoms with Crippen LogP contribution in [-0.4, -0.2) is 40.9 Å². The molecule has 0 unspecified atom stereocenters. The van der Waals surface area contributed by atoms with Crippen molar-refractivity contribution in [3.8, 4) is 5.75 Å². The lowest BCUT2D eigenvalue weighted by Crippen LogP contribution is -2.30. The summed E-state index contributed by atoms with van der Waals surface area (Å²) in [5.41, 5.74) is 0.490. The van der Waals surface area contributed by atoms with Gasteiger partial charge >= 0.3 is 0 Å². The summed E-state index contributed by atoms with van der Waals surface area (Å²) in [6.07, 6.45) is 2.23. The number of amides is 1. The van der Waals surface area contributed by atoms with E-state index in [4.69, 9.17) is 4.74 Å². The molecular formula is C17H23BrN2O2S. The lowest BCUT2D eigenvalue weighted by molar-refractivity contribution is 0.0999. The fourth-order valence-corrected chi connectivity index (χ4v) is 3.95. The van der Waals surface area contributed by atoms with Gasteiger partial charge in [-0.2, -0.15) is 4.99 Å². The summed E-state index contributed by atoms with van der Waals surface area (Å²) in [5, 5.41) is 0.818. The van der Waals surface area contributed by atoms with E-state index < -0.39 is 0 Å². The number of hydrogen-bond acceptors (Lipinski definition) is 3. The van der Waals surface area contributed by atoms with Gasteiger partial charge < -0.3 is 9.64 Å². The van der Waals surface area contributed by atoms with E-state index >= 15 is 0 Å². The zero-order valence-corrected chi connectivity index (χ0v) is 16.5. The Morgan fingerprint density at radius 3 is 2.87 bits per heavy atom. The number of nitrogens with zero attached hydrogens (tertiary/aromatic N) is 2. The number of methoxy groups -OCH3 is 1. The van der Waals surface area contributed by atoms with Crippen molar-refractivity contribution in [3.63, 3.8) is 0 Å². The largest absolute Gasteiger partial charge is 0.496 e. The molecule has 0 aromatic heterocycles. The van der Waals surface area contributed by atoms with Gasteiger partial charge in [0.1, 0.15) is 5.75 Å². The van der Waals surface area contributed by atoms with E-state index in [0.29, 0.717) is 11.3 Å². The van der Waals surface area contributed by atoms with Crippen LogP contribution in [-0.2, 0) is 0 Å². The number of ether oxygens (including phenoxy) is 1. The van der Waals surface area contributed by atoms with Crippen molar-refractivity contribution in [1.29, 1.82) is 0 Å². The predicted octanol–water partition coefficient (Wildman–Crippen LogP) is 4.58. The first-order chi connectivity index (χ1) is 10.9. The first-order valence-corrected chi connectivity index (χ1v) is 9.38. The Bertz CT molecular complexity index is 617. The van der Waals surface area contributed by atoms with Gasteiger partial charge in [0.25, 0.3) is 5.91 Å². The second kappa shape index (κ2) is 7.71. The molecule has 0 atom stereocenters. The molecule has 1 heterocycles. The molecule has 126 valence electrons. The maximum absolute atomic E-state index is 12.6. The third kappa shape index (κ3) is 4.73. The highest BCUT2D eigenvalue weighted by molar-refractivity contribution is 9.10. The summed E-state index contributed by atoms with van der Waals surface area (Å²) in [7, 11) is 1.56. The number of benzene rings is 1. The lowest BCUT2D eigenvalue weighted by Gasteiger charge is -2.19. The number of carbonyl (C=O) groups is 1. The van der Waals surface area contributed by atoms with Crippen LogP contribution in [0.4, 0.5) is 0 Å². The number of carbonyl (C=O) groups excluding carboxylic acids is 1. The topological polar surface area (TPSA) is 41.9 Å². The molecule has 1 aliphatic rings. The number of rotatable bonds is 5. The van der Waals surface area contributed by atoms with E-state index in [1.807, 2.05) is 6.07 Å². The van der Waals surface area contributed by atoms with Gasteiger partial charge in [-0.1, -0.05) is 41.0 Å². The Kier molecular flexibility index (Phi) is 6.14. The maximum atomic E-state index is 12.6. The summed E-state index contributed by atoms with van der Waals surface area (Å²) in [5.74, 6) is 0.284. The summed E-state index contributed by atoms with van der Waals surface area (Å²) >= 11 is 5.06. The normalized spacial score (nSPS) is 18.5. The molecule has 0 aliphatic carbocycles. The van der Waals surface area contributed by atoms with Gasteiger partial charge in [0.15, 0.2) is 5.17 Å². The van der Waals surface area contributed by atoms with E-state index in [1.165, 1.54) is 0 Å². The van der Waals surface area contributed by atoms with Gasteiger partial charge in [-0.3, -0.25) is 4.79 Å². The summed E-state index contributed by atoms with van der Waals surface area (Å²) in [6.45, 7) is 8.40. The molecule has 6 heteroatoms. The van der Waals surface area contributed by atoms with E-state index in [9.17, 15) is 4.79 Å². The van der Waals surface area contributed by atoms with Crippen LogP contribution in [0.15, 0.2) is 27.7 Å². The Labute approximate surface area is 150 Å². The van der Waals surface area contributed by atoms with E-state index in [2.05, 4.69) is 46.6 Å². The molecule has 1 aromatic carbocycles. The molecular weight excluding hydrogens is 376 g/mol. The zero-order valence-electron chi connectivity index (χ0n) is 14.1. The molecule has 0 N–H and O–H groups in total. The fraction of sp³-hybridized carbons (Fsp3) is 0.529. The molecule has 0 saturated carbocycles. The number of halogens is 1. The van der Waals surface area contributed by atoms with Crippen LogP contribution >= 0.6 is 27.7 Å². The van der Waals surface area contributed by atoms with E-state index in [1.54, 1.807) is 31.0 Å². The van der Waals surface area contributed by atoms with Crippen molar-refractivity contribution in [2.45, 2.75) is 38.4 Å². The second-order valence-electron chi connectivity index (χ2n) is 6.18. The minimum atomic E-state index is -0.254. The fourth-order valence-electron chi connectivity index (χ4n) is 2.48. The smallest absolute Gasteiger partial charge is 0.283 e. The maximum Gasteiger partial charge on any atom is 0.283 e. The van der Waals surface area contributed by atoms with Crippen molar-refractivity contribution >= 4 is 38.8 Å². The third-order valence-corrected chi connectivity index (χ3v) is 5.29. The molecule has 4 nitrogen and oxygen atoms in total. The van der Waals surface area contributed by atoms with Crippen LogP contribution in [0.5, 0.6) is 5.75 Å². The van der Waals surface area contributed by atoms with Gasteiger partial charge in [0, 0.05) is 22.3 Å². The Hall–Kier alpha value is -1.01. The highest BCUT2D eigenvalue weighted by Crippen LogP contribution is 2.36. The summed E-state index contributed by atoms with van der Waals surface area (Å²) < 4.78 is 6.26. The van der Waals surface area contributed by atoms with E-state index in [0.717, 1.165) is 35.6 Å². The minimum absolute atomic E-state index is 0.0800. The summed E-state index contributed by atoms with van der Waals surface area (Å²) in [4.78, 5) is 19.2. The average molecular weight is 399 g/mol. The van der Waals surface area contributed by atoms with Gasteiger partial charge in [-0.25, -0.2) is 0 Å². The average Bonchev–Trinajstić information content (AvgIpc) is 2.78. The van der Waals surface area contributed by atoms with Crippen molar-refractivity contribution in [3.05, 3.63) is 28.2 Å². The quantitative estimate of drug-likeness (QED) is 0.727. The summed E-state index contributed by atoms with van der Waals surface area (Å²) in [6, 6.07) is 5.36. The first kappa shape index (κ1) is 18.3. The minimum Gasteiger partial charge on any atom is -0.496 e. The van der Waals surface area contributed by atoms with Crippen LogP contribution in [0.1, 0.15) is 44.0 Å². The molecule has 23 heavy (non-hydrogen) atoms. The zero-order chi connectivity index (χ0) is 17.0. The van der Waals surface area contributed by atoms with Gasteiger partial charge in [0.2, 0.25) is 0 Å². The van der Waals surface area contributed by atoms with Gasteiger partial charge in [0.05, 0.1) is 12.7 Å². The number of aliphatic imine (C=N–C) groups is 1. The Morgan fingerprint density at radius 1 is 1.48 bits per heavy atom. The third-order valence-electron chi connectivity index (χ3n) is 3.58. The number of hydrogen-bond donors (Lipinski definition) is 0. The van der Waals surface area contributed by atoms with Crippen molar-refractivity contribution in [2.24, 2.45) is 4.99 Å². The highest BCUT2D eigenvalue weighted by atomic mass is 79.9. The molecule has 1 saturated heterocycles. The second-order valence-corrected chi connectivity index (χ2v) is 8.77. The molecule has 0 radical (unpaired) electrons. The molecule has 1 aromatic rings. The molecule has 0 spiro atoms. The first-order valence-electron chi connectivity index (χ1n) is 7.77. The highest BCUT2D eigenvalue weighted by Gasteiger charge is 2.35. The van der Waals surface area contributed by atoms with Crippen LogP contribution in [0.3, 0.4) is 0 Å². The molecule has 0 bridgehead atoms. The standard InChI is InChI=1S/C17H23BrN2O2S/c1-5-6-9-20-11-17(2,3)23-16(20)19-15(21)13-8-7-12(18)10-14(13)22-4/h7-8,10H,5-6,9,11H2,1-4H3/b19-16-. The number of amidine groups is 1. The molecule has 1 aliphatic heterocycles. The Balaban J connectivity index is 2.26. The van der Waals surface area contributed by atoms with Crippen LogP contribution in [0.25, 0.3) is 0 Å². The van der Waals surface area contributed by atoms with Crippen molar-refractivity contribution < 1.29 is 9.53 Å². The van der Waals surface area contributed by atoms with Crippen LogP contribution in [0, 0.1) is 0 Å². The van der Waals surface area contributed by atoms with Crippen LogP contribution < -0.4 is 4.74 Å². The monoisotopic (exact) mass is 398 g/mol. The molecule has 1 amide bonds. The van der Waals surface area contributed by atoms with Crippen LogP contribution in [0.2, 0.25) is 0 Å². The van der Waals surface area contributed by atoms with E-state index in [-0.39, 0.29) is 10.7 Å². The SMILES string of the molecule is CCCCN1CC(C)(C)S/C1=N\C(=O)c1ccc(Br)cc1OC. The Morgan fingerprint density at radius 2 is 2.22 bits per heavy atom. The number of unbranched alkanes of at least 4 members (excludes halogenated alkanes) is 1. The molecule has 1 fully saturated rings. The number of thioether (sulfide) groups is 1. The van der Waals surface area contributed by atoms with Crippen molar-refractivity contribution in [2.75, 3.05) is 20.2 Å². The van der Waals surface area contributed by atoms with Gasteiger partial charge in [-0.05, 0) is 38.5 Å². The van der Waals surface area contributed by atoms with Gasteiger partial charge in [-0.15, -0.1) is 0 Å². The lowest BCUT2D eigenvalue weighted by atomic mass is 10.2. The predicted molar refractivity (Wildman–Crippen MR) is 101 cm³/mol. The molecule has 2 rings (SSSR count).